The van der Waals surface area contributed by atoms with Crippen molar-refractivity contribution in [1.29, 1.82) is 0 Å². The van der Waals surface area contributed by atoms with Gasteiger partial charge in [0.1, 0.15) is 0 Å². The van der Waals surface area contributed by atoms with Crippen molar-refractivity contribution in [2.24, 2.45) is 0 Å². The normalized spacial score (nSPS) is 11.4. The smallest absolute Gasteiger partial charge is 0.0928 e. The zero-order chi connectivity index (χ0) is 15.8. The number of hydrogen-bond donors (Lipinski definition) is 1. The predicted octanol–water partition coefficient (Wildman–Crippen LogP) is 3.33. The van der Waals surface area contributed by atoms with E-state index in [2.05, 4.69) is 58.5 Å². The zero-order valence-electron chi connectivity index (χ0n) is 13.2. The highest BCUT2D eigenvalue weighted by Crippen LogP contribution is 2.26. The van der Waals surface area contributed by atoms with E-state index in [0.29, 0.717) is 0 Å². The molecule has 1 aromatic carbocycles. The first-order valence-electron chi connectivity index (χ1n) is 7.83. The number of nitrogens with zero attached hydrogens (tertiary/aromatic N) is 5. The number of H-pyrrole nitrogens is 1. The van der Waals surface area contributed by atoms with Crippen molar-refractivity contribution in [2.45, 2.75) is 26.9 Å². The molecule has 0 radical (unpaired) electrons. The number of nitrogens with one attached hydrogen (secondary N) is 1. The summed E-state index contributed by atoms with van der Waals surface area (Å²) in [5.41, 5.74) is 5.18. The minimum atomic E-state index is 0.832. The maximum atomic E-state index is 4.46. The van der Waals surface area contributed by atoms with Crippen molar-refractivity contribution in [1.82, 2.24) is 29.8 Å². The van der Waals surface area contributed by atoms with Crippen molar-refractivity contribution in [3.8, 4) is 22.6 Å². The van der Waals surface area contributed by atoms with Gasteiger partial charge in [-0.1, -0.05) is 6.07 Å². The van der Waals surface area contributed by atoms with Gasteiger partial charge in [-0.2, -0.15) is 15.3 Å². The van der Waals surface area contributed by atoms with Crippen LogP contribution in [0.1, 0.15) is 13.8 Å². The minimum Gasteiger partial charge on any atom is -0.276 e. The lowest BCUT2D eigenvalue weighted by atomic mass is 10.1. The Kier molecular flexibility index (Phi) is 3.22. The first-order valence-corrected chi connectivity index (χ1v) is 7.83. The van der Waals surface area contributed by atoms with E-state index >= 15 is 0 Å². The van der Waals surface area contributed by atoms with Gasteiger partial charge in [0.05, 0.1) is 28.8 Å². The van der Waals surface area contributed by atoms with Gasteiger partial charge in [0.15, 0.2) is 0 Å². The van der Waals surface area contributed by atoms with Gasteiger partial charge in [-0.15, -0.1) is 0 Å². The highest BCUT2D eigenvalue weighted by Gasteiger charge is 2.11. The molecule has 3 aromatic heterocycles. The second-order valence-electron chi connectivity index (χ2n) is 5.43. The molecule has 0 aliphatic rings. The molecule has 4 rings (SSSR count). The van der Waals surface area contributed by atoms with Crippen LogP contribution >= 0.6 is 0 Å². The van der Waals surface area contributed by atoms with Crippen LogP contribution in [-0.4, -0.2) is 29.8 Å². The first-order chi connectivity index (χ1) is 11.3. The number of aryl methyl sites for hydroxylation is 2. The minimum absolute atomic E-state index is 0.832. The Morgan fingerprint density at radius 1 is 1.00 bits per heavy atom. The van der Waals surface area contributed by atoms with E-state index < -0.39 is 0 Å². The Balaban J connectivity index is 1.74. The van der Waals surface area contributed by atoms with Crippen LogP contribution in [0.4, 0.5) is 0 Å². The van der Waals surface area contributed by atoms with E-state index in [9.17, 15) is 0 Å². The summed E-state index contributed by atoms with van der Waals surface area (Å²) in [7, 11) is 0. The second kappa shape index (κ2) is 5.39. The number of aromatic nitrogens is 6. The highest BCUT2D eigenvalue weighted by molar-refractivity contribution is 5.84. The average molecular weight is 306 g/mol. The summed E-state index contributed by atoms with van der Waals surface area (Å²) in [4.78, 5) is 0. The summed E-state index contributed by atoms with van der Waals surface area (Å²) in [6, 6.07) is 10.4. The monoisotopic (exact) mass is 306 g/mol. The van der Waals surface area contributed by atoms with Gasteiger partial charge >= 0.3 is 0 Å². The third kappa shape index (κ3) is 2.23. The molecule has 0 atom stereocenters. The molecule has 0 bridgehead atoms. The van der Waals surface area contributed by atoms with Gasteiger partial charge in [0, 0.05) is 30.2 Å². The Bertz CT molecular complexity index is 958. The van der Waals surface area contributed by atoms with Crippen LogP contribution in [0.2, 0.25) is 0 Å². The van der Waals surface area contributed by atoms with Crippen molar-refractivity contribution in [3.63, 3.8) is 0 Å². The van der Waals surface area contributed by atoms with E-state index in [4.69, 9.17) is 0 Å². The predicted molar refractivity (Wildman–Crippen MR) is 89.9 cm³/mol. The van der Waals surface area contributed by atoms with Crippen LogP contribution in [-0.2, 0) is 13.1 Å². The zero-order valence-corrected chi connectivity index (χ0v) is 13.2. The van der Waals surface area contributed by atoms with Crippen molar-refractivity contribution in [2.75, 3.05) is 0 Å². The summed E-state index contributed by atoms with van der Waals surface area (Å²) in [5, 5.41) is 17.4. The number of fused-ring (bicyclic) bond motifs is 1. The molecule has 6 heteroatoms. The Morgan fingerprint density at radius 2 is 1.87 bits per heavy atom. The summed E-state index contributed by atoms with van der Waals surface area (Å²) >= 11 is 0. The van der Waals surface area contributed by atoms with Crippen molar-refractivity contribution in [3.05, 3.63) is 42.7 Å². The molecule has 0 spiro atoms. The lowest BCUT2D eigenvalue weighted by molar-refractivity contribution is 0.665. The van der Waals surface area contributed by atoms with E-state index in [1.165, 1.54) is 0 Å². The number of hydrogen-bond acceptors (Lipinski definition) is 3. The lowest BCUT2D eigenvalue weighted by Crippen LogP contribution is -1.98. The van der Waals surface area contributed by atoms with E-state index in [1.807, 2.05) is 27.8 Å². The Hall–Kier alpha value is -2.89. The topological polar surface area (TPSA) is 64.3 Å². The fourth-order valence-electron chi connectivity index (χ4n) is 2.91. The molecule has 6 nitrogen and oxygen atoms in total. The second-order valence-corrected chi connectivity index (χ2v) is 5.43. The third-order valence-electron chi connectivity index (χ3n) is 4.11. The lowest BCUT2D eigenvalue weighted by Gasteiger charge is -2.01. The molecule has 0 saturated heterocycles. The Morgan fingerprint density at radius 3 is 2.70 bits per heavy atom. The van der Waals surface area contributed by atoms with Crippen LogP contribution in [0, 0.1) is 0 Å². The molecule has 0 aliphatic heterocycles. The molecule has 0 aliphatic carbocycles. The summed E-state index contributed by atoms with van der Waals surface area (Å²) in [6.45, 7) is 5.87. The molecule has 4 aromatic rings. The van der Waals surface area contributed by atoms with Crippen LogP contribution < -0.4 is 0 Å². The van der Waals surface area contributed by atoms with Gasteiger partial charge in [0.2, 0.25) is 0 Å². The van der Waals surface area contributed by atoms with Gasteiger partial charge < -0.3 is 0 Å². The number of benzene rings is 1. The summed E-state index contributed by atoms with van der Waals surface area (Å²) in [6.07, 6.45) is 3.71. The maximum Gasteiger partial charge on any atom is 0.0928 e. The molecule has 116 valence electrons. The van der Waals surface area contributed by atoms with Gasteiger partial charge in [0.25, 0.3) is 0 Å². The van der Waals surface area contributed by atoms with Gasteiger partial charge in [-0.3, -0.25) is 14.5 Å². The van der Waals surface area contributed by atoms with Crippen LogP contribution in [0.25, 0.3) is 33.5 Å². The SMILES string of the molecule is CCn1nccc1-c1cc(-c2ccc3c(cnn3CC)c2)n[nH]1. The molecular formula is C17H18N6. The van der Waals surface area contributed by atoms with Crippen molar-refractivity contribution >= 4 is 10.9 Å². The molecule has 0 amide bonds. The van der Waals surface area contributed by atoms with Crippen LogP contribution in [0.15, 0.2) is 42.7 Å². The molecule has 1 N–H and O–H groups in total. The van der Waals surface area contributed by atoms with Gasteiger partial charge in [-0.05, 0) is 38.1 Å². The summed E-state index contributed by atoms with van der Waals surface area (Å²) < 4.78 is 3.95. The number of aromatic amines is 1. The molecule has 0 unspecified atom stereocenters. The molecule has 23 heavy (non-hydrogen) atoms. The van der Waals surface area contributed by atoms with E-state index in [0.717, 1.165) is 46.6 Å². The standard InChI is InChI=1S/C17H18N6/c1-3-22-16-6-5-12(9-13(16)11-19-22)14-10-15(21-20-14)17-7-8-18-23(17)4-2/h5-11H,3-4H2,1-2H3,(H,20,21). The van der Waals surface area contributed by atoms with Gasteiger partial charge in [-0.25, -0.2) is 0 Å². The molecular weight excluding hydrogens is 288 g/mol. The highest BCUT2D eigenvalue weighted by atomic mass is 15.3. The first kappa shape index (κ1) is 13.8. The Labute approximate surface area is 133 Å². The molecule has 3 heterocycles. The quantitative estimate of drug-likeness (QED) is 0.629. The third-order valence-corrected chi connectivity index (χ3v) is 4.11. The van der Waals surface area contributed by atoms with E-state index in [-0.39, 0.29) is 0 Å². The molecule has 0 saturated carbocycles. The number of rotatable bonds is 4. The van der Waals surface area contributed by atoms with Crippen LogP contribution in [0.5, 0.6) is 0 Å². The summed E-state index contributed by atoms with van der Waals surface area (Å²) in [5.74, 6) is 0. The maximum absolute atomic E-state index is 4.46. The van der Waals surface area contributed by atoms with Crippen LogP contribution in [0.3, 0.4) is 0 Å². The van der Waals surface area contributed by atoms with Crippen molar-refractivity contribution < 1.29 is 0 Å². The largest absolute Gasteiger partial charge is 0.276 e. The fourth-order valence-corrected chi connectivity index (χ4v) is 2.91. The molecule has 0 fully saturated rings. The fraction of sp³-hybridized carbons (Fsp3) is 0.235. The average Bonchev–Trinajstić information content (AvgIpc) is 3.31. The van der Waals surface area contributed by atoms with E-state index in [1.54, 1.807) is 0 Å².